The Labute approximate surface area is 175 Å². The van der Waals surface area contributed by atoms with Crippen molar-refractivity contribution < 1.29 is 24.0 Å². The summed E-state index contributed by atoms with van der Waals surface area (Å²) < 4.78 is 4.94. The lowest BCUT2D eigenvalue weighted by atomic mass is 10.2. The number of benzene rings is 1. The number of ether oxygens (including phenoxy) is 1. The fourth-order valence-corrected chi connectivity index (χ4v) is 4.67. The van der Waals surface area contributed by atoms with E-state index in [1.54, 1.807) is 13.8 Å². The summed E-state index contributed by atoms with van der Waals surface area (Å²) in [6, 6.07) is 9.72. The van der Waals surface area contributed by atoms with E-state index in [2.05, 4.69) is 12.1 Å². The van der Waals surface area contributed by atoms with Crippen molar-refractivity contribution in [2.45, 2.75) is 26.4 Å². The van der Waals surface area contributed by atoms with Crippen molar-refractivity contribution >= 4 is 29.5 Å². The Morgan fingerprint density at radius 1 is 1.24 bits per heavy atom. The van der Waals surface area contributed by atoms with E-state index >= 15 is 0 Å². The molecule has 7 nitrogen and oxygen atoms in total. The van der Waals surface area contributed by atoms with Crippen LogP contribution in [0.3, 0.4) is 0 Å². The SMILES string of the molecule is CCOC(=O)/C=C1\SCC(=O)N1[C@H](C)C(=O)N1CC[NH+](Cc2ccccc2)CC1. The standard InChI is InChI=1S/C21H27N3O4S/c1-3-28-20(26)13-19-24(18(25)15-29-19)16(2)21(27)23-11-9-22(10-12-23)14-17-7-5-4-6-8-17/h4-8,13,16H,3,9-12,14-15H2,1-2H3/p+1/b19-13-/t16-/m1/s1. The van der Waals surface area contributed by atoms with Crippen LogP contribution in [0.4, 0.5) is 0 Å². The minimum atomic E-state index is -0.631. The summed E-state index contributed by atoms with van der Waals surface area (Å²) in [5.41, 5.74) is 1.30. The van der Waals surface area contributed by atoms with Gasteiger partial charge in [0.1, 0.15) is 12.6 Å². The van der Waals surface area contributed by atoms with Gasteiger partial charge in [0, 0.05) is 5.56 Å². The molecule has 29 heavy (non-hydrogen) atoms. The maximum absolute atomic E-state index is 13.0. The second-order valence-electron chi connectivity index (χ2n) is 7.20. The number of amides is 2. The zero-order valence-electron chi connectivity index (χ0n) is 16.9. The van der Waals surface area contributed by atoms with Crippen LogP contribution in [-0.2, 0) is 25.7 Å². The highest BCUT2D eigenvalue weighted by Crippen LogP contribution is 2.31. The zero-order valence-corrected chi connectivity index (χ0v) is 17.7. The average molecular weight is 419 g/mol. The number of esters is 1. The Morgan fingerprint density at radius 2 is 1.93 bits per heavy atom. The van der Waals surface area contributed by atoms with Gasteiger partial charge in [0.15, 0.2) is 0 Å². The Bertz CT molecular complexity index is 775. The molecule has 8 heteroatoms. The van der Waals surface area contributed by atoms with Gasteiger partial charge in [-0.2, -0.15) is 0 Å². The predicted octanol–water partition coefficient (Wildman–Crippen LogP) is 0.282. The highest BCUT2D eigenvalue weighted by molar-refractivity contribution is 8.04. The summed E-state index contributed by atoms with van der Waals surface area (Å²) in [6.07, 6.45) is 1.31. The van der Waals surface area contributed by atoms with Crippen LogP contribution in [0.2, 0.25) is 0 Å². The van der Waals surface area contributed by atoms with Crippen molar-refractivity contribution in [1.82, 2.24) is 9.80 Å². The molecule has 2 fully saturated rings. The number of hydrogen-bond donors (Lipinski definition) is 1. The topological polar surface area (TPSA) is 71.4 Å². The number of quaternary nitrogens is 1. The van der Waals surface area contributed by atoms with E-state index in [1.165, 1.54) is 33.2 Å². The monoisotopic (exact) mass is 418 g/mol. The highest BCUT2D eigenvalue weighted by Gasteiger charge is 2.37. The number of carbonyl (C=O) groups excluding carboxylic acids is 3. The number of nitrogens with zero attached hydrogens (tertiary/aromatic N) is 2. The van der Waals surface area contributed by atoms with Gasteiger partial charge in [-0.1, -0.05) is 42.1 Å². The summed E-state index contributed by atoms with van der Waals surface area (Å²) in [7, 11) is 0. The van der Waals surface area contributed by atoms with Crippen molar-refractivity contribution in [1.29, 1.82) is 0 Å². The van der Waals surface area contributed by atoms with Gasteiger partial charge < -0.3 is 14.5 Å². The maximum atomic E-state index is 13.0. The molecule has 1 N–H and O–H groups in total. The molecular formula is C21H28N3O4S+. The molecule has 1 atom stereocenters. The molecule has 3 rings (SSSR count). The number of nitrogens with one attached hydrogen (secondary N) is 1. The lowest BCUT2D eigenvalue weighted by Gasteiger charge is -2.35. The molecule has 0 saturated carbocycles. The van der Waals surface area contributed by atoms with Gasteiger partial charge in [0.05, 0.1) is 49.6 Å². The molecule has 2 heterocycles. The van der Waals surface area contributed by atoms with Gasteiger partial charge in [-0.25, -0.2) is 4.79 Å². The largest absolute Gasteiger partial charge is 0.463 e. The summed E-state index contributed by atoms with van der Waals surface area (Å²) in [4.78, 5) is 41.9. The van der Waals surface area contributed by atoms with Crippen LogP contribution >= 0.6 is 11.8 Å². The predicted molar refractivity (Wildman–Crippen MR) is 111 cm³/mol. The second-order valence-corrected chi connectivity index (χ2v) is 8.20. The van der Waals surface area contributed by atoms with Crippen molar-refractivity contribution in [3.8, 4) is 0 Å². The van der Waals surface area contributed by atoms with E-state index in [0.29, 0.717) is 18.1 Å². The third kappa shape index (κ3) is 5.39. The van der Waals surface area contributed by atoms with Crippen molar-refractivity contribution in [2.24, 2.45) is 0 Å². The minimum absolute atomic E-state index is 0.0747. The van der Waals surface area contributed by atoms with E-state index < -0.39 is 12.0 Å². The van der Waals surface area contributed by atoms with E-state index in [0.717, 1.165) is 19.6 Å². The number of piperazine rings is 1. The molecular weight excluding hydrogens is 390 g/mol. The Balaban J connectivity index is 1.58. The normalized spacial score (nSPS) is 20.2. The first-order valence-corrected chi connectivity index (χ1v) is 11.0. The summed E-state index contributed by atoms with van der Waals surface area (Å²) >= 11 is 1.27. The van der Waals surface area contributed by atoms with Crippen LogP contribution in [0.1, 0.15) is 19.4 Å². The fourth-order valence-electron chi connectivity index (χ4n) is 3.68. The molecule has 0 unspecified atom stereocenters. The quantitative estimate of drug-likeness (QED) is 0.531. The van der Waals surface area contributed by atoms with Crippen LogP contribution in [0.5, 0.6) is 0 Å². The summed E-state index contributed by atoms with van der Waals surface area (Å²) in [6.45, 7) is 7.76. The van der Waals surface area contributed by atoms with Crippen LogP contribution in [0.15, 0.2) is 41.4 Å². The van der Waals surface area contributed by atoms with E-state index in [4.69, 9.17) is 4.74 Å². The molecule has 2 amide bonds. The van der Waals surface area contributed by atoms with Crippen LogP contribution in [0, 0.1) is 0 Å². The van der Waals surface area contributed by atoms with E-state index in [1.807, 2.05) is 23.1 Å². The van der Waals surface area contributed by atoms with E-state index in [9.17, 15) is 14.4 Å². The molecule has 0 spiro atoms. The lowest BCUT2D eigenvalue weighted by molar-refractivity contribution is -0.917. The molecule has 2 aliphatic rings. The van der Waals surface area contributed by atoms with Gasteiger partial charge in [0.2, 0.25) is 11.8 Å². The maximum Gasteiger partial charge on any atom is 0.333 e. The third-order valence-electron chi connectivity index (χ3n) is 5.20. The lowest BCUT2D eigenvalue weighted by Crippen LogP contribution is -3.13. The van der Waals surface area contributed by atoms with Gasteiger partial charge in [-0.3, -0.25) is 14.5 Å². The zero-order chi connectivity index (χ0) is 20.8. The number of thioether (sulfide) groups is 1. The van der Waals surface area contributed by atoms with Gasteiger partial charge in [-0.15, -0.1) is 0 Å². The first kappa shape index (κ1) is 21.4. The molecule has 0 bridgehead atoms. The molecule has 2 saturated heterocycles. The van der Waals surface area contributed by atoms with Crippen LogP contribution in [0.25, 0.3) is 0 Å². The molecule has 0 radical (unpaired) electrons. The molecule has 2 aliphatic heterocycles. The molecule has 0 aliphatic carbocycles. The van der Waals surface area contributed by atoms with Gasteiger partial charge in [-0.05, 0) is 13.8 Å². The highest BCUT2D eigenvalue weighted by atomic mass is 32.2. The first-order valence-electron chi connectivity index (χ1n) is 9.99. The van der Waals surface area contributed by atoms with Crippen molar-refractivity contribution in [3.63, 3.8) is 0 Å². The number of carbonyl (C=O) groups is 3. The summed E-state index contributed by atoms with van der Waals surface area (Å²) in [5, 5.41) is 0.489. The smallest absolute Gasteiger partial charge is 0.333 e. The number of hydrogen-bond acceptors (Lipinski definition) is 5. The third-order valence-corrected chi connectivity index (χ3v) is 6.20. The molecule has 156 valence electrons. The minimum Gasteiger partial charge on any atom is -0.463 e. The number of rotatable bonds is 6. The van der Waals surface area contributed by atoms with Crippen molar-refractivity contribution in [3.05, 3.63) is 47.0 Å². The van der Waals surface area contributed by atoms with E-state index in [-0.39, 0.29) is 24.2 Å². The van der Waals surface area contributed by atoms with Gasteiger partial charge in [0.25, 0.3) is 0 Å². The first-order chi connectivity index (χ1) is 14.0. The molecule has 1 aromatic carbocycles. The van der Waals surface area contributed by atoms with Crippen molar-refractivity contribution in [2.75, 3.05) is 38.5 Å². The Kier molecular flexibility index (Phi) is 7.33. The molecule has 0 aromatic heterocycles. The molecule has 1 aromatic rings. The van der Waals surface area contributed by atoms with Gasteiger partial charge >= 0.3 is 5.97 Å². The Hall–Kier alpha value is -2.32. The Morgan fingerprint density at radius 3 is 2.59 bits per heavy atom. The van der Waals surface area contributed by atoms with Crippen LogP contribution < -0.4 is 4.90 Å². The van der Waals surface area contributed by atoms with Crippen LogP contribution in [-0.4, -0.2) is 72.2 Å². The average Bonchev–Trinajstić information content (AvgIpc) is 3.08. The second kappa shape index (κ2) is 9.93. The summed E-state index contributed by atoms with van der Waals surface area (Å²) in [5.74, 6) is -0.487. The fraction of sp³-hybridized carbons (Fsp3) is 0.476.